The molecule has 0 spiro atoms. The molecule has 0 aliphatic carbocycles. The first-order valence-electron chi connectivity index (χ1n) is 11.3. The first-order chi connectivity index (χ1) is 15.8. The third kappa shape index (κ3) is 10.1. The Hall–Kier alpha value is -1.50. The van der Waals surface area contributed by atoms with Crippen molar-refractivity contribution in [1.82, 2.24) is 15.5 Å². The summed E-state index contributed by atoms with van der Waals surface area (Å²) < 4.78 is 0. The molecule has 10 nitrogen and oxygen atoms in total. The molecule has 1 fully saturated rings. The number of nitrogens with two attached hydrogens (primary N) is 2. The van der Waals surface area contributed by atoms with E-state index in [-0.39, 0.29) is 5.91 Å². The number of hydrogen-bond acceptors (Lipinski definition) is 8. The van der Waals surface area contributed by atoms with Crippen molar-refractivity contribution >= 4 is 47.2 Å². The smallest absolute Gasteiger partial charge is 0.326 e. The number of aliphatic carboxylic acids is 1. The quantitative estimate of drug-likeness (QED) is 0.181. The predicted octanol–water partition coefficient (Wildman–Crippen LogP) is -0.00590. The van der Waals surface area contributed by atoms with Crippen LogP contribution in [0, 0.1) is 0 Å². The average Bonchev–Trinajstić information content (AvgIpc) is 3.28. The van der Waals surface area contributed by atoms with E-state index in [1.165, 1.54) is 16.7 Å². The number of likely N-dealkylation sites (tertiary alicyclic amines) is 1. The van der Waals surface area contributed by atoms with Gasteiger partial charge in [0.15, 0.2) is 0 Å². The Balaban J connectivity index is 2.89. The third-order valence-electron chi connectivity index (χ3n) is 5.60. The van der Waals surface area contributed by atoms with Crippen molar-refractivity contribution in [2.45, 2.75) is 69.1 Å². The van der Waals surface area contributed by atoms with Gasteiger partial charge < -0.3 is 32.1 Å². The summed E-state index contributed by atoms with van der Waals surface area (Å²) in [7, 11) is 0. The van der Waals surface area contributed by atoms with Gasteiger partial charge in [0.2, 0.25) is 17.7 Å². The average molecular weight is 506 g/mol. The van der Waals surface area contributed by atoms with Gasteiger partial charge in [0.1, 0.15) is 18.1 Å². The van der Waals surface area contributed by atoms with E-state index in [0.29, 0.717) is 63.8 Å². The van der Waals surface area contributed by atoms with Crippen LogP contribution >= 0.6 is 23.5 Å². The lowest BCUT2D eigenvalue weighted by atomic mass is 10.1. The molecule has 0 saturated carbocycles. The minimum absolute atomic E-state index is 0.300. The zero-order chi connectivity index (χ0) is 24.8. The van der Waals surface area contributed by atoms with Crippen molar-refractivity contribution < 1.29 is 24.3 Å². The highest BCUT2D eigenvalue weighted by atomic mass is 32.2. The van der Waals surface area contributed by atoms with Crippen LogP contribution in [0.25, 0.3) is 0 Å². The topological polar surface area (TPSA) is 168 Å². The second-order valence-electron chi connectivity index (χ2n) is 8.10. The maximum atomic E-state index is 13.4. The molecule has 1 heterocycles. The molecule has 0 bridgehead atoms. The zero-order valence-electron chi connectivity index (χ0n) is 19.6. The van der Waals surface area contributed by atoms with Crippen LogP contribution in [-0.2, 0) is 19.2 Å². The molecule has 33 heavy (non-hydrogen) atoms. The van der Waals surface area contributed by atoms with Gasteiger partial charge in [-0.25, -0.2) is 4.79 Å². The molecule has 7 N–H and O–H groups in total. The summed E-state index contributed by atoms with van der Waals surface area (Å²) >= 11 is 3.09. The summed E-state index contributed by atoms with van der Waals surface area (Å²) in [5, 5.41) is 14.8. The van der Waals surface area contributed by atoms with Gasteiger partial charge in [-0.15, -0.1) is 0 Å². The SMILES string of the molecule is CSCCC(N)C(=O)NC(CCCCN)C(=O)N1CCCC1C(=O)NC(CCSC)C(=O)O. The van der Waals surface area contributed by atoms with Gasteiger partial charge in [0.05, 0.1) is 6.04 Å². The standard InChI is InChI=1S/C21H39N5O5S2/c1-32-12-8-14(23)18(27)24-15(6-3-4-10-22)20(29)26-11-5-7-17(26)19(28)25-16(21(30)31)9-13-33-2/h14-17H,3-13,22-23H2,1-2H3,(H,24,27)(H,25,28)(H,30,31). The Morgan fingerprint density at radius 2 is 1.70 bits per heavy atom. The minimum atomic E-state index is -1.10. The minimum Gasteiger partial charge on any atom is -0.480 e. The summed E-state index contributed by atoms with van der Waals surface area (Å²) in [5.41, 5.74) is 11.5. The van der Waals surface area contributed by atoms with Crippen molar-refractivity contribution in [1.29, 1.82) is 0 Å². The summed E-state index contributed by atoms with van der Waals surface area (Å²) in [6.07, 6.45) is 7.42. The van der Waals surface area contributed by atoms with E-state index in [0.717, 1.165) is 5.75 Å². The molecule has 3 amide bonds. The van der Waals surface area contributed by atoms with Crippen LogP contribution in [-0.4, -0.2) is 95.0 Å². The van der Waals surface area contributed by atoms with Crippen molar-refractivity contribution in [3.05, 3.63) is 0 Å². The third-order valence-corrected chi connectivity index (χ3v) is 6.88. The Morgan fingerprint density at radius 1 is 1.03 bits per heavy atom. The molecule has 0 aromatic rings. The first-order valence-corrected chi connectivity index (χ1v) is 14.1. The number of unbranched alkanes of at least 4 members (excludes halogenated alkanes) is 1. The lowest BCUT2D eigenvalue weighted by molar-refractivity contribution is -0.145. The van der Waals surface area contributed by atoms with Gasteiger partial charge in [0, 0.05) is 6.54 Å². The monoisotopic (exact) mass is 505 g/mol. The molecule has 190 valence electrons. The van der Waals surface area contributed by atoms with E-state index in [1.807, 2.05) is 12.5 Å². The van der Waals surface area contributed by atoms with Crippen LogP contribution in [0.3, 0.4) is 0 Å². The van der Waals surface area contributed by atoms with Gasteiger partial charge in [-0.05, 0) is 75.5 Å². The van der Waals surface area contributed by atoms with Crippen LogP contribution in [0.1, 0.15) is 44.9 Å². The maximum Gasteiger partial charge on any atom is 0.326 e. The number of hydrogen-bond donors (Lipinski definition) is 5. The van der Waals surface area contributed by atoms with E-state index in [4.69, 9.17) is 11.5 Å². The molecule has 4 unspecified atom stereocenters. The normalized spacial score (nSPS) is 18.4. The molecule has 1 saturated heterocycles. The number of carbonyl (C=O) groups is 4. The van der Waals surface area contributed by atoms with Gasteiger partial charge in [-0.1, -0.05) is 0 Å². The van der Waals surface area contributed by atoms with Crippen molar-refractivity contribution in [2.24, 2.45) is 11.5 Å². The number of carboxylic acid groups (broad SMARTS) is 1. The fourth-order valence-electron chi connectivity index (χ4n) is 3.67. The van der Waals surface area contributed by atoms with Crippen molar-refractivity contribution in [3.63, 3.8) is 0 Å². The molecule has 4 atom stereocenters. The van der Waals surface area contributed by atoms with E-state index >= 15 is 0 Å². The molecule has 0 aromatic heterocycles. The lowest BCUT2D eigenvalue weighted by Crippen LogP contribution is -2.56. The second kappa shape index (κ2) is 16.2. The highest BCUT2D eigenvalue weighted by Crippen LogP contribution is 2.20. The van der Waals surface area contributed by atoms with Crippen LogP contribution in [0.4, 0.5) is 0 Å². The largest absolute Gasteiger partial charge is 0.480 e. The van der Waals surface area contributed by atoms with E-state index in [9.17, 15) is 24.3 Å². The summed E-state index contributed by atoms with van der Waals surface area (Å²) in [6.45, 7) is 0.852. The summed E-state index contributed by atoms with van der Waals surface area (Å²) in [4.78, 5) is 51.8. The number of carbonyl (C=O) groups excluding carboxylic acids is 3. The van der Waals surface area contributed by atoms with Crippen LogP contribution in [0.5, 0.6) is 0 Å². The van der Waals surface area contributed by atoms with Crippen LogP contribution in [0.2, 0.25) is 0 Å². The number of nitrogens with one attached hydrogen (secondary N) is 2. The Labute approximate surface area is 204 Å². The lowest BCUT2D eigenvalue weighted by Gasteiger charge is -2.30. The molecular formula is C21H39N5O5S2. The molecular weight excluding hydrogens is 466 g/mol. The summed E-state index contributed by atoms with van der Waals surface area (Å²) in [6, 6.07) is -3.28. The number of rotatable bonds is 16. The van der Waals surface area contributed by atoms with Crippen LogP contribution in [0.15, 0.2) is 0 Å². The van der Waals surface area contributed by atoms with Gasteiger partial charge in [0.25, 0.3) is 0 Å². The number of amides is 3. The Bertz CT molecular complexity index is 655. The number of nitrogens with zero attached hydrogens (tertiary/aromatic N) is 1. The highest BCUT2D eigenvalue weighted by Gasteiger charge is 2.38. The first kappa shape index (κ1) is 29.5. The number of thioether (sulfide) groups is 2. The molecule has 1 aliphatic rings. The number of carboxylic acids is 1. The van der Waals surface area contributed by atoms with Gasteiger partial charge in [-0.2, -0.15) is 23.5 Å². The molecule has 1 aliphatic heterocycles. The van der Waals surface area contributed by atoms with Gasteiger partial charge >= 0.3 is 5.97 Å². The Kier molecular flexibility index (Phi) is 14.5. The molecule has 0 radical (unpaired) electrons. The van der Waals surface area contributed by atoms with E-state index < -0.39 is 42.0 Å². The zero-order valence-corrected chi connectivity index (χ0v) is 21.2. The maximum absolute atomic E-state index is 13.4. The second-order valence-corrected chi connectivity index (χ2v) is 10.1. The molecule has 1 rings (SSSR count). The fourth-order valence-corrected chi connectivity index (χ4v) is 4.63. The Morgan fingerprint density at radius 3 is 2.30 bits per heavy atom. The van der Waals surface area contributed by atoms with Gasteiger partial charge in [-0.3, -0.25) is 14.4 Å². The predicted molar refractivity (Wildman–Crippen MR) is 133 cm³/mol. The molecule has 0 aromatic carbocycles. The molecule has 12 heteroatoms. The fraction of sp³-hybridized carbons (Fsp3) is 0.810. The van der Waals surface area contributed by atoms with Crippen molar-refractivity contribution in [3.8, 4) is 0 Å². The highest BCUT2D eigenvalue weighted by molar-refractivity contribution is 7.98. The van der Waals surface area contributed by atoms with E-state index in [1.54, 1.807) is 11.8 Å². The van der Waals surface area contributed by atoms with Crippen LogP contribution < -0.4 is 22.1 Å². The summed E-state index contributed by atoms with van der Waals surface area (Å²) in [5.74, 6) is -0.978. The van der Waals surface area contributed by atoms with Crippen molar-refractivity contribution in [2.75, 3.05) is 37.1 Å². The van der Waals surface area contributed by atoms with E-state index in [2.05, 4.69) is 10.6 Å².